The van der Waals surface area contributed by atoms with Gasteiger partial charge in [-0.05, 0) is 37.0 Å². The maximum absolute atomic E-state index is 12.1. The lowest BCUT2D eigenvalue weighted by Crippen LogP contribution is -2.44. The van der Waals surface area contributed by atoms with E-state index in [2.05, 4.69) is 20.9 Å². The number of hydrogen-bond donors (Lipinski definition) is 4. The molecule has 140 valence electrons. The minimum Gasteiger partial charge on any atom is -0.508 e. The third-order valence-electron chi connectivity index (χ3n) is 4.79. The average Bonchev–Trinajstić information content (AvgIpc) is 2.92. The summed E-state index contributed by atoms with van der Waals surface area (Å²) >= 11 is 0. The number of aromatic hydroxyl groups is 1. The molecule has 2 aliphatic heterocycles. The second-order valence-electron chi connectivity index (χ2n) is 6.84. The number of urea groups is 1. The smallest absolute Gasteiger partial charge is 0.322 e. The van der Waals surface area contributed by atoms with Gasteiger partial charge in [0.1, 0.15) is 11.8 Å². The molecule has 26 heavy (non-hydrogen) atoms. The van der Waals surface area contributed by atoms with Crippen molar-refractivity contribution in [3.63, 3.8) is 0 Å². The zero-order valence-corrected chi connectivity index (χ0v) is 14.5. The van der Waals surface area contributed by atoms with E-state index in [-0.39, 0.29) is 30.0 Å². The summed E-state index contributed by atoms with van der Waals surface area (Å²) in [5.41, 5.74) is 1.07. The highest BCUT2D eigenvalue weighted by molar-refractivity contribution is 6.04. The van der Waals surface area contributed by atoms with Crippen LogP contribution in [0.25, 0.3) is 0 Å². The van der Waals surface area contributed by atoms with Crippen molar-refractivity contribution in [2.45, 2.75) is 44.3 Å². The zero-order valence-electron chi connectivity index (χ0n) is 14.5. The maximum Gasteiger partial charge on any atom is 0.322 e. The number of carbonyl (C=O) groups excluding carboxylic acids is 3. The lowest BCUT2D eigenvalue weighted by atomic mass is 10.0. The molecule has 0 unspecified atom stereocenters. The van der Waals surface area contributed by atoms with Gasteiger partial charge in [0.15, 0.2) is 0 Å². The molecule has 3 rings (SSSR count). The molecule has 1 aromatic carbocycles. The molecule has 0 aliphatic carbocycles. The Bertz CT molecular complexity index is 686. The van der Waals surface area contributed by atoms with Crippen LogP contribution in [0.15, 0.2) is 24.3 Å². The van der Waals surface area contributed by atoms with Crippen LogP contribution in [-0.4, -0.2) is 53.0 Å². The Morgan fingerprint density at radius 1 is 1.27 bits per heavy atom. The van der Waals surface area contributed by atoms with E-state index in [0.29, 0.717) is 6.42 Å². The summed E-state index contributed by atoms with van der Waals surface area (Å²) in [6, 6.07) is 6.28. The number of phenols is 1. The number of carbonyl (C=O) groups is 3. The normalized spacial score (nSPS) is 21.3. The number of likely N-dealkylation sites (tertiary alicyclic amines) is 1. The summed E-state index contributed by atoms with van der Waals surface area (Å²) < 4.78 is 0. The molecule has 2 saturated heterocycles. The summed E-state index contributed by atoms with van der Waals surface area (Å²) in [5.74, 6) is -0.190. The molecule has 2 fully saturated rings. The molecule has 4 amide bonds. The Balaban J connectivity index is 1.36. The Kier molecular flexibility index (Phi) is 5.72. The molecule has 1 aromatic rings. The monoisotopic (exact) mass is 360 g/mol. The summed E-state index contributed by atoms with van der Waals surface area (Å²) in [7, 11) is 0. The van der Waals surface area contributed by atoms with Crippen LogP contribution in [0.3, 0.4) is 0 Å². The first kappa shape index (κ1) is 18.2. The Morgan fingerprint density at radius 2 is 2.04 bits per heavy atom. The van der Waals surface area contributed by atoms with E-state index in [4.69, 9.17) is 0 Å². The van der Waals surface area contributed by atoms with Crippen LogP contribution in [0.5, 0.6) is 5.75 Å². The Labute approximate surface area is 151 Å². The summed E-state index contributed by atoms with van der Waals surface area (Å²) in [6.45, 7) is 2.54. The Morgan fingerprint density at radius 3 is 2.69 bits per heavy atom. The first-order valence-corrected chi connectivity index (χ1v) is 8.90. The molecule has 0 spiro atoms. The molecule has 0 bridgehead atoms. The molecule has 2 aliphatic rings. The van der Waals surface area contributed by atoms with Crippen molar-refractivity contribution in [2.24, 2.45) is 0 Å². The predicted molar refractivity (Wildman–Crippen MR) is 94.2 cm³/mol. The molecule has 0 radical (unpaired) electrons. The fourth-order valence-electron chi connectivity index (χ4n) is 3.39. The predicted octanol–water partition coefficient (Wildman–Crippen LogP) is 0.461. The van der Waals surface area contributed by atoms with Gasteiger partial charge in [0.05, 0.1) is 0 Å². The van der Waals surface area contributed by atoms with Crippen molar-refractivity contribution in [1.29, 1.82) is 0 Å². The molecule has 2 heterocycles. The second-order valence-corrected chi connectivity index (χ2v) is 6.84. The number of rotatable bonds is 6. The number of nitrogens with zero attached hydrogens (tertiary/aromatic N) is 1. The zero-order chi connectivity index (χ0) is 18.5. The van der Waals surface area contributed by atoms with Gasteiger partial charge < -0.3 is 15.7 Å². The highest BCUT2D eigenvalue weighted by atomic mass is 16.3. The van der Waals surface area contributed by atoms with Crippen LogP contribution in [0.1, 0.15) is 31.2 Å². The van der Waals surface area contributed by atoms with Gasteiger partial charge in [-0.15, -0.1) is 0 Å². The van der Waals surface area contributed by atoms with Gasteiger partial charge in [0.2, 0.25) is 5.91 Å². The molecule has 1 atom stereocenters. The number of phenolic OH excluding ortho intramolecular Hbond substituents is 1. The highest BCUT2D eigenvalue weighted by Crippen LogP contribution is 2.17. The van der Waals surface area contributed by atoms with E-state index in [0.717, 1.165) is 38.0 Å². The summed E-state index contributed by atoms with van der Waals surface area (Å²) in [4.78, 5) is 36.9. The van der Waals surface area contributed by atoms with Crippen molar-refractivity contribution >= 4 is 17.8 Å². The van der Waals surface area contributed by atoms with Crippen molar-refractivity contribution in [3.05, 3.63) is 29.8 Å². The van der Waals surface area contributed by atoms with Crippen molar-refractivity contribution < 1.29 is 19.5 Å². The van der Waals surface area contributed by atoms with E-state index in [1.165, 1.54) is 0 Å². The first-order chi connectivity index (χ1) is 12.5. The van der Waals surface area contributed by atoms with Gasteiger partial charge in [-0.25, -0.2) is 4.79 Å². The van der Waals surface area contributed by atoms with Gasteiger partial charge in [-0.3, -0.25) is 19.8 Å². The molecular formula is C18H24N4O4. The van der Waals surface area contributed by atoms with E-state index >= 15 is 0 Å². The lowest BCUT2D eigenvalue weighted by Gasteiger charge is -2.32. The van der Waals surface area contributed by atoms with Crippen molar-refractivity contribution in [1.82, 2.24) is 20.9 Å². The SMILES string of the molecule is O=C(CC[C@@H]1NC(=O)NC1=O)NC1CCN(Cc2cccc(O)c2)CC1. The molecular weight excluding hydrogens is 336 g/mol. The first-order valence-electron chi connectivity index (χ1n) is 8.90. The second kappa shape index (κ2) is 8.18. The van der Waals surface area contributed by atoms with Gasteiger partial charge in [-0.2, -0.15) is 0 Å². The molecule has 0 saturated carbocycles. The van der Waals surface area contributed by atoms with Gasteiger partial charge in [0, 0.05) is 32.1 Å². The lowest BCUT2D eigenvalue weighted by molar-refractivity contribution is -0.123. The number of nitrogens with one attached hydrogen (secondary N) is 3. The van der Waals surface area contributed by atoms with Gasteiger partial charge >= 0.3 is 6.03 Å². The highest BCUT2D eigenvalue weighted by Gasteiger charge is 2.30. The number of benzene rings is 1. The van der Waals surface area contributed by atoms with E-state index < -0.39 is 12.1 Å². The van der Waals surface area contributed by atoms with Crippen LogP contribution in [0.2, 0.25) is 0 Å². The van der Waals surface area contributed by atoms with Crippen LogP contribution >= 0.6 is 0 Å². The van der Waals surface area contributed by atoms with Crippen LogP contribution in [0.4, 0.5) is 4.79 Å². The third kappa shape index (κ3) is 4.95. The largest absolute Gasteiger partial charge is 0.508 e. The maximum atomic E-state index is 12.1. The topological polar surface area (TPSA) is 111 Å². The minimum atomic E-state index is -0.614. The average molecular weight is 360 g/mol. The quantitative estimate of drug-likeness (QED) is 0.551. The molecule has 4 N–H and O–H groups in total. The van der Waals surface area contributed by atoms with E-state index in [1.54, 1.807) is 12.1 Å². The number of piperidine rings is 1. The molecule has 0 aromatic heterocycles. The summed E-state index contributed by atoms with van der Waals surface area (Å²) in [6.07, 6.45) is 2.25. The Hall–Kier alpha value is -2.61. The minimum absolute atomic E-state index is 0.0922. The van der Waals surface area contributed by atoms with E-state index in [9.17, 15) is 19.5 Å². The van der Waals surface area contributed by atoms with Gasteiger partial charge in [-0.1, -0.05) is 12.1 Å². The number of imide groups is 1. The standard InChI is InChI=1S/C18H24N4O4/c23-14-3-1-2-12(10-14)11-22-8-6-13(7-9-22)19-16(24)5-4-15-17(25)21-18(26)20-15/h1-3,10,13,15,23H,4-9,11H2,(H,19,24)(H2,20,21,25,26)/t15-/m0/s1. The van der Waals surface area contributed by atoms with Crippen molar-refractivity contribution in [2.75, 3.05) is 13.1 Å². The van der Waals surface area contributed by atoms with Gasteiger partial charge in [0.25, 0.3) is 5.91 Å². The summed E-state index contributed by atoms with van der Waals surface area (Å²) in [5, 5.41) is 17.2. The van der Waals surface area contributed by atoms with Crippen LogP contribution in [0, 0.1) is 0 Å². The number of amides is 4. The molecule has 8 nitrogen and oxygen atoms in total. The molecule has 8 heteroatoms. The fourth-order valence-corrected chi connectivity index (χ4v) is 3.39. The van der Waals surface area contributed by atoms with Crippen molar-refractivity contribution in [3.8, 4) is 5.75 Å². The van der Waals surface area contributed by atoms with E-state index in [1.807, 2.05) is 12.1 Å². The van der Waals surface area contributed by atoms with Crippen LogP contribution < -0.4 is 16.0 Å². The van der Waals surface area contributed by atoms with Crippen LogP contribution in [-0.2, 0) is 16.1 Å². The number of hydrogen-bond acceptors (Lipinski definition) is 5. The fraction of sp³-hybridized carbons (Fsp3) is 0.500. The third-order valence-corrected chi connectivity index (χ3v) is 4.79.